The normalized spacial score (nSPS) is 11.7. The quantitative estimate of drug-likeness (QED) is 0.602. The molecular weight excluding hydrogens is 212 g/mol. The summed E-state index contributed by atoms with van der Waals surface area (Å²) in [6.07, 6.45) is -0.743. The highest BCUT2D eigenvalue weighted by Crippen LogP contribution is 2.23. The average Bonchev–Trinajstić information content (AvgIpc) is 2.35. The van der Waals surface area contributed by atoms with Crippen LogP contribution in [-0.2, 0) is 9.53 Å². The Bertz CT molecular complexity index is 399. The molecule has 0 aromatic heterocycles. The van der Waals surface area contributed by atoms with E-state index in [1.165, 1.54) is 32.4 Å². The molecule has 0 bridgehead atoms. The molecule has 86 valence electrons. The van der Waals surface area contributed by atoms with Crippen LogP contribution in [0.2, 0.25) is 0 Å². The molecule has 0 fully saturated rings. The van der Waals surface area contributed by atoms with Crippen LogP contribution in [-0.4, -0.2) is 31.6 Å². The standard InChI is InChI=1S/C11H12O5/c1-15-9-5-7(3-4-8(9)6-12)10(13)11(14)16-2/h3-6,10,13H,1-2H3. The lowest BCUT2D eigenvalue weighted by Crippen LogP contribution is -2.13. The summed E-state index contributed by atoms with van der Waals surface area (Å²) in [6, 6.07) is 4.35. The number of rotatable bonds is 4. The second-order valence-corrected chi connectivity index (χ2v) is 3.04. The fourth-order valence-electron chi connectivity index (χ4n) is 1.24. The Morgan fingerprint density at radius 3 is 2.62 bits per heavy atom. The highest BCUT2D eigenvalue weighted by atomic mass is 16.5. The molecule has 5 heteroatoms. The molecule has 16 heavy (non-hydrogen) atoms. The number of ether oxygens (including phenoxy) is 2. The monoisotopic (exact) mass is 224 g/mol. The summed E-state index contributed by atoms with van der Waals surface area (Å²) in [7, 11) is 2.58. The van der Waals surface area contributed by atoms with Gasteiger partial charge in [0, 0.05) is 0 Å². The van der Waals surface area contributed by atoms with Crippen molar-refractivity contribution in [3.05, 3.63) is 29.3 Å². The number of aliphatic hydroxyl groups excluding tert-OH is 1. The summed E-state index contributed by atoms with van der Waals surface area (Å²) in [5.41, 5.74) is 0.664. The Morgan fingerprint density at radius 2 is 2.12 bits per heavy atom. The van der Waals surface area contributed by atoms with Crippen molar-refractivity contribution in [2.45, 2.75) is 6.10 Å². The van der Waals surface area contributed by atoms with E-state index in [0.717, 1.165) is 0 Å². The molecule has 5 nitrogen and oxygen atoms in total. The maximum atomic E-state index is 11.1. The molecular formula is C11H12O5. The van der Waals surface area contributed by atoms with E-state index in [-0.39, 0.29) is 0 Å². The van der Waals surface area contributed by atoms with Gasteiger partial charge < -0.3 is 14.6 Å². The molecule has 1 aromatic rings. The zero-order valence-electron chi connectivity index (χ0n) is 8.97. The van der Waals surface area contributed by atoms with Crippen molar-refractivity contribution in [1.82, 2.24) is 0 Å². The van der Waals surface area contributed by atoms with Gasteiger partial charge in [0.05, 0.1) is 19.8 Å². The Labute approximate surface area is 92.6 Å². The molecule has 0 saturated carbocycles. The second kappa shape index (κ2) is 5.27. The summed E-state index contributed by atoms with van der Waals surface area (Å²) in [4.78, 5) is 21.7. The van der Waals surface area contributed by atoms with Crippen molar-refractivity contribution in [3.8, 4) is 5.75 Å². The highest BCUT2D eigenvalue weighted by molar-refractivity contribution is 5.81. The molecule has 0 spiro atoms. The summed E-state index contributed by atoms with van der Waals surface area (Å²) in [5.74, 6) is -0.462. The number of aldehydes is 1. The highest BCUT2D eigenvalue weighted by Gasteiger charge is 2.19. The molecule has 0 aliphatic rings. The molecule has 0 radical (unpaired) electrons. The van der Waals surface area contributed by atoms with E-state index >= 15 is 0 Å². The van der Waals surface area contributed by atoms with Gasteiger partial charge in [0.1, 0.15) is 5.75 Å². The first kappa shape index (κ1) is 12.2. The van der Waals surface area contributed by atoms with Crippen LogP contribution in [0.25, 0.3) is 0 Å². The molecule has 0 heterocycles. The van der Waals surface area contributed by atoms with Gasteiger partial charge in [-0.1, -0.05) is 6.07 Å². The third kappa shape index (κ3) is 2.38. The van der Waals surface area contributed by atoms with E-state index in [4.69, 9.17) is 4.74 Å². The number of carbonyl (C=O) groups excluding carboxylic acids is 2. The Kier molecular flexibility index (Phi) is 4.02. The van der Waals surface area contributed by atoms with E-state index in [0.29, 0.717) is 23.2 Å². The predicted octanol–water partition coefficient (Wildman–Crippen LogP) is 0.714. The van der Waals surface area contributed by atoms with Gasteiger partial charge in [0.2, 0.25) is 0 Å². The number of aliphatic hydroxyl groups is 1. The summed E-state index contributed by atoms with van der Waals surface area (Å²) in [5, 5.41) is 9.55. The van der Waals surface area contributed by atoms with E-state index in [2.05, 4.69) is 4.74 Å². The van der Waals surface area contributed by atoms with Crippen LogP contribution in [0, 0.1) is 0 Å². The van der Waals surface area contributed by atoms with Crippen LogP contribution in [0.15, 0.2) is 18.2 Å². The zero-order chi connectivity index (χ0) is 12.1. The van der Waals surface area contributed by atoms with E-state index in [1.807, 2.05) is 0 Å². The van der Waals surface area contributed by atoms with E-state index in [1.54, 1.807) is 0 Å². The molecule has 1 aromatic carbocycles. The summed E-state index contributed by atoms with van der Waals surface area (Å²) < 4.78 is 9.34. The summed E-state index contributed by atoms with van der Waals surface area (Å²) in [6.45, 7) is 0. The lowest BCUT2D eigenvalue weighted by molar-refractivity contribution is -0.150. The first-order valence-electron chi connectivity index (χ1n) is 4.53. The van der Waals surface area contributed by atoms with Crippen LogP contribution in [0.1, 0.15) is 22.0 Å². The average molecular weight is 224 g/mol. The fourth-order valence-corrected chi connectivity index (χ4v) is 1.24. The van der Waals surface area contributed by atoms with E-state index < -0.39 is 12.1 Å². The summed E-state index contributed by atoms with van der Waals surface area (Å²) >= 11 is 0. The van der Waals surface area contributed by atoms with Gasteiger partial charge in [0.15, 0.2) is 12.4 Å². The Morgan fingerprint density at radius 1 is 1.44 bits per heavy atom. The molecule has 1 N–H and O–H groups in total. The molecule has 0 aliphatic heterocycles. The fraction of sp³-hybridized carbons (Fsp3) is 0.273. The van der Waals surface area contributed by atoms with Gasteiger partial charge >= 0.3 is 5.97 Å². The predicted molar refractivity (Wildman–Crippen MR) is 55.4 cm³/mol. The van der Waals surface area contributed by atoms with Crippen molar-refractivity contribution in [2.75, 3.05) is 14.2 Å². The Balaban J connectivity index is 3.07. The van der Waals surface area contributed by atoms with Gasteiger partial charge in [-0.15, -0.1) is 0 Å². The topological polar surface area (TPSA) is 72.8 Å². The van der Waals surface area contributed by atoms with Crippen molar-refractivity contribution in [1.29, 1.82) is 0 Å². The van der Waals surface area contributed by atoms with Crippen LogP contribution < -0.4 is 4.74 Å². The van der Waals surface area contributed by atoms with Crippen LogP contribution in [0.3, 0.4) is 0 Å². The number of methoxy groups -OCH3 is 2. The molecule has 0 saturated heterocycles. The van der Waals surface area contributed by atoms with Crippen molar-refractivity contribution in [3.63, 3.8) is 0 Å². The largest absolute Gasteiger partial charge is 0.496 e. The van der Waals surface area contributed by atoms with Crippen LogP contribution in [0.4, 0.5) is 0 Å². The second-order valence-electron chi connectivity index (χ2n) is 3.04. The van der Waals surface area contributed by atoms with E-state index in [9.17, 15) is 14.7 Å². The minimum Gasteiger partial charge on any atom is -0.496 e. The maximum Gasteiger partial charge on any atom is 0.339 e. The van der Waals surface area contributed by atoms with Gasteiger partial charge in [-0.2, -0.15) is 0 Å². The minimum atomic E-state index is -1.38. The molecule has 1 atom stereocenters. The molecule has 0 amide bonds. The third-order valence-corrected chi connectivity index (χ3v) is 2.12. The van der Waals surface area contributed by atoms with Gasteiger partial charge in [0.25, 0.3) is 0 Å². The molecule has 1 rings (SSSR count). The number of esters is 1. The number of carbonyl (C=O) groups is 2. The maximum absolute atomic E-state index is 11.1. The lowest BCUT2D eigenvalue weighted by Gasteiger charge is -2.11. The molecule has 0 aliphatic carbocycles. The number of hydrogen-bond donors (Lipinski definition) is 1. The zero-order valence-corrected chi connectivity index (χ0v) is 8.97. The van der Waals surface area contributed by atoms with Crippen molar-refractivity contribution >= 4 is 12.3 Å². The van der Waals surface area contributed by atoms with Gasteiger partial charge in [-0.3, -0.25) is 4.79 Å². The first-order valence-corrected chi connectivity index (χ1v) is 4.53. The number of hydrogen-bond acceptors (Lipinski definition) is 5. The van der Waals surface area contributed by atoms with Gasteiger partial charge in [-0.25, -0.2) is 4.79 Å². The SMILES string of the molecule is COC(=O)C(O)c1ccc(C=O)c(OC)c1. The van der Waals surface area contributed by atoms with Crippen molar-refractivity contribution < 1.29 is 24.2 Å². The third-order valence-electron chi connectivity index (χ3n) is 2.12. The van der Waals surface area contributed by atoms with Crippen LogP contribution >= 0.6 is 0 Å². The smallest absolute Gasteiger partial charge is 0.339 e. The minimum absolute atomic E-state index is 0.301. The number of benzene rings is 1. The first-order chi connectivity index (χ1) is 7.63. The van der Waals surface area contributed by atoms with Crippen LogP contribution in [0.5, 0.6) is 5.75 Å². The van der Waals surface area contributed by atoms with Crippen molar-refractivity contribution in [2.24, 2.45) is 0 Å². The van der Waals surface area contributed by atoms with Gasteiger partial charge in [-0.05, 0) is 17.7 Å². The molecule has 1 unspecified atom stereocenters. The Hall–Kier alpha value is -1.88. The lowest BCUT2D eigenvalue weighted by atomic mass is 10.1.